The molecule has 0 aliphatic heterocycles. The largest absolute Gasteiger partial charge is 0.344 e. The van der Waals surface area contributed by atoms with E-state index in [2.05, 4.69) is 16.2 Å². The lowest BCUT2D eigenvalue weighted by Gasteiger charge is -2.20. The summed E-state index contributed by atoms with van der Waals surface area (Å²) in [7, 11) is 0. The van der Waals surface area contributed by atoms with Gasteiger partial charge in [-0.25, -0.2) is 0 Å². The first-order valence-corrected chi connectivity index (χ1v) is 8.33. The van der Waals surface area contributed by atoms with E-state index in [9.17, 15) is 14.4 Å². The van der Waals surface area contributed by atoms with Crippen molar-refractivity contribution in [3.05, 3.63) is 29.8 Å². The molecule has 1 aromatic carbocycles. The Balaban J connectivity index is 2.40. The van der Waals surface area contributed by atoms with E-state index < -0.39 is 11.9 Å². The fourth-order valence-electron chi connectivity index (χ4n) is 1.78. The molecule has 0 fully saturated rings. The van der Waals surface area contributed by atoms with Crippen LogP contribution in [0.1, 0.15) is 26.3 Å². The third-order valence-electron chi connectivity index (χ3n) is 3.02. The highest BCUT2D eigenvalue weighted by atomic mass is 32.2. The van der Waals surface area contributed by atoms with Crippen LogP contribution in [0, 0.1) is 12.8 Å². The molecule has 6 nitrogen and oxygen atoms in total. The first-order chi connectivity index (χ1) is 10.8. The lowest BCUT2D eigenvalue weighted by atomic mass is 10.0. The fourth-order valence-corrected chi connectivity index (χ4v) is 2.48. The molecule has 0 saturated carbocycles. The second-order valence-corrected chi connectivity index (χ2v) is 6.61. The molecule has 7 heteroatoms. The van der Waals surface area contributed by atoms with Gasteiger partial charge in [-0.2, -0.15) is 0 Å². The minimum Gasteiger partial charge on any atom is -0.344 e. The Hall–Kier alpha value is -2.02. The summed E-state index contributed by atoms with van der Waals surface area (Å²) in [6.07, 6.45) is 0. The van der Waals surface area contributed by atoms with Gasteiger partial charge in [0.25, 0.3) is 5.91 Å². The first-order valence-electron chi connectivity index (χ1n) is 7.35. The van der Waals surface area contributed by atoms with Crippen LogP contribution in [0.15, 0.2) is 29.2 Å². The molecule has 3 amide bonds. The summed E-state index contributed by atoms with van der Waals surface area (Å²) >= 11 is 1.38. The van der Waals surface area contributed by atoms with Crippen molar-refractivity contribution in [3.8, 4) is 0 Å². The summed E-state index contributed by atoms with van der Waals surface area (Å²) in [5.41, 5.74) is 5.87. The van der Waals surface area contributed by atoms with Gasteiger partial charge in [0.05, 0.1) is 5.75 Å². The van der Waals surface area contributed by atoms with Gasteiger partial charge >= 0.3 is 0 Å². The van der Waals surface area contributed by atoms with E-state index in [1.54, 1.807) is 0 Å². The highest BCUT2D eigenvalue weighted by molar-refractivity contribution is 8.00. The summed E-state index contributed by atoms with van der Waals surface area (Å²) in [5.74, 6) is -0.938. The zero-order valence-corrected chi connectivity index (χ0v) is 14.6. The average Bonchev–Trinajstić information content (AvgIpc) is 2.49. The second kappa shape index (κ2) is 9.19. The van der Waals surface area contributed by atoms with Gasteiger partial charge in [-0.3, -0.25) is 25.2 Å². The Morgan fingerprint density at radius 2 is 1.70 bits per heavy atom. The monoisotopic (exact) mass is 337 g/mol. The van der Waals surface area contributed by atoms with Gasteiger partial charge in [0.15, 0.2) is 0 Å². The number of hydrazine groups is 1. The van der Waals surface area contributed by atoms with Gasteiger partial charge in [0, 0.05) is 11.8 Å². The number of rotatable bonds is 6. The fraction of sp³-hybridized carbons (Fsp3) is 0.438. The summed E-state index contributed by atoms with van der Waals surface area (Å²) in [5, 5.41) is 2.56. The van der Waals surface area contributed by atoms with E-state index in [0.717, 1.165) is 10.5 Å². The molecule has 0 radical (unpaired) electrons. The van der Waals surface area contributed by atoms with Crippen molar-refractivity contribution in [1.82, 2.24) is 16.2 Å². The molecule has 0 aliphatic carbocycles. The topological polar surface area (TPSA) is 87.3 Å². The van der Waals surface area contributed by atoms with Crippen LogP contribution in [0.4, 0.5) is 0 Å². The van der Waals surface area contributed by atoms with Crippen molar-refractivity contribution in [2.45, 2.75) is 38.6 Å². The van der Waals surface area contributed by atoms with E-state index in [1.807, 2.05) is 45.0 Å². The van der Waals surface area contributed by atoms with E-state index in [0.29, 0.717) is 0 Å². The number of benzene rings is 1. The number of carbonyl (C=O) groups excluding carboxylic acids is 3. The lowest BCUT2D eigenvalue weighted by molar-refractivity contribution is -0.132. The maximum Gasteiger partial charge on any atom is 0.261 e. The SMILES string of the molecule is CC(=O)N[C@@H](C(=O)NNC(=O)CSc1ccc(C)cc1)C(C)C. The molecule has 0 aliphatic rings. The molecule has 1 atom stereocenters. The van der Waals surface area contributed by atoms with Crippen molar-refractivity contribution in [3.63, 3.8) is 0 Å². The number of carbonyl (C=O) groups is 3. The zero-order valence-electron chi connectivity index (χ0n) is 13.8. The third kappa shape index (κ3) is 7.19. The number of aryl methyl sites for hydroxylation is 1. The normalized spacial score (nSPS) is 11.7. The highest BCUT2D eigenvalue weighted by Gasteiger charge is 2.23. The van der Waals surface area contributed by atoms with Gasteiger partial charge < -0.3 is 5.32 Å². The predicted octanol–water partition coefficient (Wildman–Crippen LogP) is 1.40. The molecular weight excluding hydrogens is 314 g/mol. The summed E-state index contributed by atoms with van der Waals surface area (Å²) in [6, 6.07) is 7.15. The Labute approximate surface area is 140 Å². The van der Waals surface area contributed by atoms with Crippen LogP contribution < -0.4 is 16.2 Å². The van der Waals surface area contributed by atoms with Crippen molar-refractivity contribution in [2.24, 2.45) is 5.92 Å². The number of hydrogen-bond donors (Lipinski definition) is 3. The molecule has 1 rings (SSSR count). The lowest BCUT2D eigenvalue weighted by Crippen LogP contribution is -2.54. The average molecular weight is 337 g/mol. The number of hydrogen-bond acceptors (Lipinski definition) is 4. The molecule has 1 aromatic rings. The molecule has 3 N–H and O–H groups in total. The van der Waals surface area contributed by atoms with Gasteiger partial charge in [-0.05, 0) is 25.0 Å². The van der Waals surface area contributed by atoms with Crippen LogP contribution in [-0.4, -0.2) is 29.5 Å². The second-order valence-electron chi connectivity index (χ2n) is 5.56. The molecule has 0 saturated heterocycles. The van der Waals surface area contributed by atoms with Crippen LogP contribution in [-0.2, 0) is 14.4 Å². The van der Waals surface area contributed by atoms with Gasteiger partial charge in [-0.1, -0.05) is 31.5 Å². The Morgan fingerprint density at radius 1 is 1.09 bits per heavy atom. The van der Waals surface area contributed by atoms with Crippen molar-refractivity contribution < 1.29 is 14.4 Å². The smallest absolute Gasteiger partial charge is 0.261 e. The maximum absolute atomic E-state index is 12.0. The van der Waals surface area contributed by atoms with Crippen molar-refractivity contribution >= 4 is 29.5 Å². The van der Waals surface area contributed by atoms with Gasteiger partial charge in [0.1, 0.15) is 6.04 Å². The van der Waals surface area contributed by atoms with Crippen LogP contribution in [0.3, 0.4) is 0 Å². The van der Waals surface area contributed by atoms with Crippen molar-refractivity contribution in [2.75, 3.05) is 5.75 Å². The predicted molar refractivity (Wildman–Crippen MR) is 90.6 cm³/mol. The van der Waals surface area contributed by atoms with Gasteiger partial charge in [0.2, 0.25) is 11.8 Å². The number of amides is 3. The van der Waals surface area contributed by atoms with Crippen LogP contribution in [0.5, 0.6) is 0 Å². The Morgan fingerprint density at radius 3 is 2.22 bits per heavy atom. The highest BCUT2D eigenvalue weighted by Crippen LogP contribution is 2.17. The zero-order chi connectivity index (χ0) is 17.4. The molecule has 0 heterocycles. The van der Waals surface area contributed by atoms with Crippen LogP contribution in [0.2, 0.25) is 0 Å². The summed E-state index contributed by atoms with van der Waals surface area (Å²) in [6.45, 7) is 6.97. The van der Waals surface area contributed by atoms with Crippen LogP contribution >= 0.6 is 11.8 Å². The number of nitrogens with one attached hydrogen (secondary N) is 3. The summed E-state index contributed by atoms with van der Waals surface area (Å²) < 4.78 is 0. The standard InChI is InChI=1S/C16H23N3O3S/c1-10(2)15(17-12(4)20)16(22)19-18-14(21)9-23-13-7-5-11(3)6-8-13/h5-8,10,15H,9H2,1-4H3,(H,17,20)(H,18,21)(H,19,22)/t15-/m1/s1. The quantitative estimate of drug-likeness (QED) is 0.541. The molecule has 23 heavy (non-hydrogen) atoms. The summed E-state index contributed by atoms with van der Waals surface area (Å²) in [4.78, 5) is 35.8. The molecule has 0 aromatic heterocycles. The Kier molecular flexibility index (Phi) is 7.61. The Bertz CT molecular complexity index is 558. The van der Waals surface area contributed by atoms with E-state index in [-0.39, 0.29) is 23.5 Å². The van der Waals surface area contributed by atoms with E-state index >= 15 is 0 Å². The number of thioether (sulfide) groups is 1. The van der Waals surface area contributed by atoms with E-state index in [4.69, 9.17) is 0 Å². The molecular formula is C16H23N3O3S. The molecule has 126 valence electrons. The molecule has 0 spiro atoms. The third-order valence-corrected chi connectivity index (χ3v) is 4.04. The van der Waals surface area contributed by atoms with Crippen molar-refractivity contribution in [1.29, 1.82) is 0 Å². The van der Waals surface area contributed by atoms with E-state index in [1.165, 1.54) is 18.7 Å². The van der Waals surface area contributed by atoms with Gasteiger partial charge in [-0.15, -0.1) is 11.8 Å². The first kappa shape index (κ1) is 19.0. The molecule has 0 unspecified atom stereocenters. The van der Waals surface area contributed by atoms with Crippen LogP contribution in [0.25, 0.3) is 0 Å². The maximum atomic E-state index is 12.0. The minimum atomic E-state index is -0.683. The minimum absolute atomic E-state index is 0.0854. The molecule has 0 bridgehead atoms.